The van der Waals surface area contributed by atoms with Crippen LogP contribution in [0, 0.1) is 5.82 Å². The lowest BCUT2D eigenvalue weighted by Crippen LogP contribution is -2.07. The average molecular weight is 266 g/mol. The van der Waals surface area contributed by atoms with Crippen LogP contribution < -0.4 is 10.6 Å². The number of hydrogen-bond donors (Lipinski definition) is 1. The molecule has 0 spiro atoms. The van der Waals surface area contributed by atoms with Gasteiger partial charge in [0, 0.05) is 11.5 Å². The first kappa shape index (κ1) is 12.1. The van der Waals surface area contributed by atoms with Gasteiger partial charge in [0.1, 0.15) is 5.82 Å². The second kappa shape index (κ2) is 5.32. The number of oxime groups is 1. The molecule has 1 heterocycles. The van der Waals surface area contributed by atoms with Crippen LogP contribution >= 0.6 is 11.5 Å². The third-order valence-electron chi connectivity index (χ3n) is 1.85. The van der Waals surface area contributed by atoms with E-state index < -0.39 is 5.82 Å². The van der Waals surface area contributed by atoms with Gasteiger partial charge >= 0.3 is 0 Å². The van der Waals surface area contributed by atoms with Crippen LogP contribution in [0.2, 0.25) is 0 Å². The van der Waals surface area contributed by atoms with Crippen molar-refractivity contribution in [2.45, 2.75) is 0 Å². The highest BCUT2D eigenvalue weighted by atomic mass is 32.1. The summed E-state index contributed by atoms with van der Waals surface area (Å²) in [5.74, 6) is -0.00977. The summed E-state index contributed by atoms with van der Waals surface area (Å²) in [7, 11) is 0. The number of benzene rings is 1. The van der Waals surface area contributed by atoms with Crippen molar-refractivity contribution >= 4 is 28.7 Å². The fourth-order valence-corrected chi connectivity index (χ4v) is 1.49. The highest BCUT2D eigenvalue weighted by molar-refractivity contribution is 7.09. The molecule has 0 saturated carbocycles. The molecular formula is C10H7FN4O2S. The summed E-state index contributed by atoms with van der Waals surface area (Å²) >= 11 is 0.944. The molecule has 2 N–H and O–H groups in total. The monoisotopic (exact) mass is 266 g/mol. The Morgan fingerprint density at radius 3 is 2.72 bits per heavy atom. The van der Waals surface area contributed by atoms with Crippen molar-refractivity contribution in [3.05, 3.63) is 35.9 Å². The summed E-state index contributed by atoms with van der Waals surface area (Å²) in [5.41, 5.74) is 5.30. The number of anilines is 1. The number of carbonyl (C=O) groups excluding carboxylic acids is 1. The Balaban J connectivity index is 2.15. The number of hydrogen-bond acceptors (Lipinski definition) is 7. The van der Waals surface area contributed by atoms with Gasteiger partial charge in [-0.05, 0) is 24.3 Å². The normalized spacial score (nSPS) is 11.3. The van der Waals surface area contributed by atoms with Gasteiger partial charge in [0.25, 0.3) is 0 Å². The van der Waals surface area contributed by atoms with Crippen LogP contribution in [0.4, 0.5) is 9.52 Å². The summed E-state index contributed by atoms with van der Waals surface area (Å²) < 4.78 is 16.5. The summed E-state index contributed by atoms with van der Waals surface area (Å²) in [5, 5.41) is 3.80. The maximum absolute atomic E-state index is 12.6. The van der Waals surface area contributed by atoms with E-state index >= 15 is 0 Å². The van der Waals surface area contributed by atoms with E-state index in [0.717, 1.165) is 11.5 Å². The molecule has 0 aliphatic carbocycles. The first-order chi connectivity index (χ1) is 8.69. The van der Waals surface area contributed by atoms with Crippen molar-refractivity contribution in [3.8, 4) is 5.75 Å². The number of nitrogen functional groups attached to an aromatic ring is 1. The second-order valence-electron chi connectivity index (χ2n) is 3.10. The fourth-order valence-electron chi connectivity index (χ4n) is 1.05. The van der Waals surface area contributed by atoms with Crippen molar-refractivity contribution < 1.29 is 14.0 Å². The lowest BCUT2D eigenvalue weighted by Gasteiger charge is -1.98. The van der Waals surface area contributed by atoms with E-state index in [2.05, 4.69) is 14.5 Å². The number of aldehydes is 1. The van der Waals surface area contributed by atoms with Crippen LogP contribution in [0.3, 0.4) is 0 Å². The summed E-state index contributed by atoms with van der Waals surface area (Å²) in [6.45, 7) is 0. The average Bonchev–Trinajstić information content (AvgIpc) is 2.79. The van der Waals surface area contributed by atoms with Gasteiger partial charge in [-0.1, -0.05) is 5.16 Å². The zero-order valence-corrected chi connectivity index (χ0v) is 9.72. The molecule has 2 aromatic rings. The Labute approximate surface area is 105 Å². The minimum atomic E-state index is -0.393. The van der Waals surface area contributed by atoms with Crippen molar-refractivity contribution in [1.82, 2.24) is 9.36 Å². The third kappa shape index (κ3) is 2.86. The molecule has 1 aromatic heterocycles. The van der Waals surface area contributed by atoms with E-state index in [1.54, 1.807) is 0 Å². The van der Waals surface area contributed by atoms with Crippen molar-refractivity contribution in [2.75, 3.05) is 5.73 Å². The first-order valence-electron chi connectivity index (χ1n) is 4.74. The number of aromatic nitrogens is 2. The predicted molar refractivity (Wildman–Crippen MR) is 64.0 cm³/mol. The topological polar surface area (TPSA) is 90.5 Å². The SMILES string of the molecule is Nc1nc(C(C=O)=NOc2ccc(F)cc2)ns1. The molecule has 0 fully saturated rings. The van der Waals surface area contributed by atoms with Gasteiger partial charge in [0.2, 0.25) is 0 Å². The smallest absolute Gasteiger partial charge is 0.200 e. The van der Waals surface area contributed by atoms with Crippen molar-refractivity contribution in [3.63, 3.8) is 0 Å². The number of rotatable bonds is 4. The summed E-state index contributed by atoms with van der Waals surface area (Å²) in [4.78, 5) is 19.5. The van der Waals surface area contributed by atoms with Gasteiger partial charge < -0.3 is 10.6 Å². The Kier molecular flexibility index (Phi) is 3.58. The van der Waals surface area contributed by atoms with Crippen LogP contribution in [-0.4, -0.2) is 21.4 Å². The molecule has 0 saturated heterocycles. The lowest BCUT2D eigenvalue weighted by molar-refractivity contribution is -0.102. The van der Waals surface area contributed by atoms with E-state index in [1.165, 1.54) is 24.3 Å². The number of nitrogens with two attached hydrogens (primary N) is 1. The van der Waals surface area contributed by atoms with Gasteiger partial charge in [0.05, 0.1) is 0 Å². The third-order valence-corrected chi connectivity index (χ3v) is 2.39. The molecule has 8 heteroatoms. The van der Waals surface area contributed by atoms with E-state index in [1.807, 2.05) is 0 Å². The van der Waals surface area contributed by atoms with Crippen LogP contribution in [0.5, 0.6) is 5.75 Å². The molecule has 0 aliphatic heterocycles. The van der Waals surface area contributed by atoms with Crippen LogP contribution in [0.15, 0.2) is 29.4 Å². The molecule has 92 valence electrons. The summed E-state index contributed by atoms with van der Waals surface area (Å²) in [6.07, 6.45) is 0.449. The Morgan fingerprint density at radius 2 is 2.17 bits per heavy atom. The predicted octanol–water partition coefficient (Wildman–Crippen LogP) is 1.24. The Morgan fingerprint density at radius 1 is 1.44 bits per heavy atom. The fraction of sp³-hybridized carbons (Fsp3) is 0. The van der Waals surface area contributed by atoms with Gasteiger partial charge in [-0.2, -0.15) is 9.36 Å². The molecule has 0 unspecified atom stereocenters. The minimum absolute atomic E-state index is 0.0905. The Hall–Kier alpha value is -2.35. The van der Waals surface area contributed by atoms with Crippen LogP contribution in [0.1, 0.15) is 5.82 Å². The molecule has 0 amide bonds. The number of nitrogens with zero attached hydrogens (tertiary/aromatic N) is 3. The first-order valence-corrected chi connectivity index (χ1v) is 5.51. The van der Waals surface area contributed by atoms with Crippen LogP contribution in [-0.2, 0) is 4.79 Å². The van der Waals surface area contributed by atoms with E-state index in [9.17, 15) is 9.18 Å². The standard InChI is InChI=1S/C10H7FN4O2S/c11-6-1-3-7(4-2-6)17-14-8(5-16)9-13-10(12)18-15-9/h1-5H,(H2,12,13,15). The zero-order valence-electron chi connectivity index (χ0n) is 8.91. The quantitative estimate of drug-likeness (QED) is 0.511. The molecule has 0 aliphatic rings. The van der Waals surface area contributed by atoms with Gasteiger partial charge in [-0.15, -0.1) is 0 Å². The maximum Gasteiger partial charge on any atom is 0.200 e. The molecule has 0 atom stereocenters. The van der Waals surface area contributed by atoms with Crippen molar-refractivity contribution in [1.29, 1.82) is 0 Å². The minimum Gasteiger partial charge on any atom is -0.374 e. The van der Waals surface area contributed by atoms with Crippen LogP contribution in [0.25, 0.3) is 0 Å². The molecule has 1 aromatic carbocycles. The molecule has 2 rings (SSSR count). The molecule has 18 heavy (non-hydrogen) atoms. The molecular weight excluding hydrogens is 259 g/mol. The molecule has 6 nitrogen and oxygen atoms in total. The number of halogens is 1. The second-order valence-corrected chi connectivity index (χ2v) is 3.88. The highest BCUT2D eigenvalue weighted by Gasteiger charge is 2.09. The zero-order chi connectivity index (χ0) is 13.0. The van der Waals surface area contributed by atoms with Gasteiger partial charge in [0.15, 0.2) is 28.7 Å². The van der Waals surface area contributed by atoms with E-state index in [4.69, 9.17) is 10.6 Å². The van der Waals surface area contributed by atoms with Gasteiger partial charge in [-0.25, -0.2) is 4.39 Å². The van der Waals surface area contributed by atoms with Gasteiger partial charge in [-0.3, -0.25) is 4.79 Å². The van der Waals surface area contributed by atoms with Crippen molar-refractivity contribution in [2.24, 2.45) is 5.16 Å². The largest absolute Gasteiger partial charge is 0.374 e. The summed E-state index contributed by atoms with van der Waals surface area (Å²) in [6, 6.07) is 5.18. The maximum atomic E-state index is 12.6. The number of carbonyl (C=O) groups is 1. The van der Waals surface area contributed by atoms with E-state index in [-0.39, 0.29) is 16.7 Å². The highest BCUT2D eigenvalue weighted by Crippen LogP contribution is 2.12. The molecule has 0 radical (unpaired) electrons. The Bertz CT molecular complexity index is 582. The lowest BCUT2D eigenvalue weighted by atomic mass is 10.3. The molecule has 0 bridgehead atoms. The van der Waals surface area contributed by atoms with E-state index in [0.29, 0.717) is 12.0 Å².